The molecule has 0 heterocycles. The molecule has 0 N–H and O–H groups in total. The molecule has 1 aromatic rings. The molecular weight excluding hydrogens is 308 g/mol. The maximum Gasteiger partial charge on any atom is 0.160 e. The topological polar surface area (TPSA) is 34.1 Å². The molecule has 2 heteroatoms. The SMILES string of the molecule is CC(=O)c1ccc(-c2cc(C(C)=O)c3ccc(C(C)C)ccc2-3)cc1. The molecule has 0 saturated carbocycles. The second kappa shape index (κ2) is 6.64. The van der Waals surface area contributed by atoms with E-state index >= 15 is 0 Å². The first kappa shape index (κ1) is 17.1. The van der Waals surface area contributed by atoms with E-state index in [4.69, 9.17) is 0 Å². The number of hydrogen-bond acceptors (Lipinski definition) is 2. The highest BCUT2D eigenvalue weighted by molar-refractivity contribution is 6.07. The van der Waals surface area contributed by atoms with Crippen LogP contribution in [0.25, 0.3) is 22.3 Å². The summed E-state index contributed by atoms with van der Waals surface area (Å²) in [5, 5.41) is 0. The Hall–Kier alpha value is -2.74. The normalized spacial score (nSPS) is 11.1. The van der Waals surface area contributed by atoms with Crippen LogP contribution in [-0.2, 0) is 0 Å². The van der Waals surface area contributed by atoms with Crippen LogP contribution in [0.4, 0.5) is 0 Å². The van der Waals surface area contributed by atoms with Crippen molar-refractivity contribution >= 4 is 11.6 Å². The van der Waals surface area contributed by atoms with E-state index in [-0.39, 0.29) is 11.6 Å². The van der Waals surface area contributed by atoms with Crippen molar-refractivity contribution in [2.45, 2.75) is 33.6 Å². The van der Waals surface area contributed by atoms with Crippen molar-refractivity contribution in [1.82, 2.24) is 0 Å². The molecule has 0 aliphatic heterocycles. The van der Waals surface area contributed by atoms with Crippen LogP contribution in [0.15, 0.2) is 54.6 Å². The molecule has 1 aromatic carbocycles. The highest BCUT2D eigenvalue weighted by Gasteiger charge is 2.19. The van der Waals surface area contributed by atoms with Gasteiger partial charge < -0.3 is 0 Å². The van der Waals surface area contributed by atoms with E-state index in [0.717, 1.165) is 27.8 Å². The molecule has 0 radical (unpaired) electrons. The maximum absolute atomic E-state index is 12.1. The minimum absolute atomic E-state index is 0.0521. The summed E-state index contributed by atoms with van der Waals surface area (Å²) in [6, 6.07) is 17.9. The van der Waals surface area contributed by atoms with Gasteiger partial charge in [0.25, 0.3) is 0 Å². The van der Waals surface area contributed by atoms with Crippen LogP contribution < -0.4 is 0 Å². The summed E-state index contributed by atoms with van der Waals surface area (Å²) >= 11 is 0. The zero-order chi connectivity index (χ0) is 18.1. The van der Waals surface area contributed by atoms with E-state index < -0.39 is 0 Å². The van der Waals surface area contributed by atoms with Crippen LogP contribution in [0.5, 0.6) is 0 Å². The summed E-state index contributed by atoms with van der Waals surface area (Å²) in [7, 11) is 0. The predicted octanol–water partition coefficient (Wildman–Crippen LogP) is 5.99. The fourth-order valence-electron chi connectivity index (χ4n) is 3.16. The van der Waals surface area contributed by atoms with Crippen molar-refractivity contribution in [3.63, 3.8) is 0 Å². The van der Waals surface area contributed by atoms with Gasteiger partial charge in [-0.05, 0) is 53.6 Å². The Morgan fingerprint density at radius 2 is 1.32 bits per heavy atom. The fourth-order valence-corrected chi connectivity index (χ4v) is 3.16. The second-order valence-electron chi connectivity index (χ2n) is 6.81. The minimum Gasteiger partial charge on any atom is -0.295 e. The summed E-state index contributed by atoms with van der Waals surface area (Å²) in [6.07, 6.45) is 0. The Morgan fingerprint density at radius 3 is 1.84 bits per heavy atom. The van der Waals surface area contributed by atoms with E-state index in [0.29, 0.717) is 11.5 Å². The Kier molecular flexibility index (Phi) is 4.54. The van der Waals surface area contributed by atoms with Gasteiger partial charge in [-0.1, -0.05) is 62.4 Å². The third-order valence-corrected chi connectivity index (χ3v) is 4.69. The molecule has 3 rings (SSSR count). The van der Waals surface area contributed by atoms with Crippen molar-refractivity contribution in [3.8, 4) is 22.3 Å². The minimum atomic E-state index is 0.0521. The first-order chi connectivity index (χ1) is 11.9. The van der Waals surface area contributed by atoms with E-state index in [1.807, 2.05) is 30.3 Å². The highest BCUT2D eigenvalue weighted by Crippen LogP contribution is 2.39. The van der Waals surface area contributed by atoms with Gasteiger partial charge in [-0.25, -0.2) is 0 Å². The number of hydrogen-bond donors (Lipinski definition) is 0. The number of Topliss-reactive ketones (excluding diaryl/α,β-unsaturated/α-hetero) is 2. The molecule has 2 nitrogen and oxygen atoms in total. The fraction of sp³-hybridized carbons (Fsp3) is 0.217. The van der Waals surface area contributed by atoms with E-state index in [1.54, 1.807) is 13.8 Å². The van der Waals surface area contributed by atoms with Crippen LogP contribution in [0.1, 0.15) is 59.9 Å². The zero-order valence-corrected chi connectivity index (χ0v) is 15.1. The van der Waals surface area contributed by atoms with Crippen LogP contribution in [0.2, 0.25) is 0 Å². The number of rotatable bonds is 4. The van der Waals surface area contributed by atoms with Crippen molar-refractivity contribution in [2.75, 3.05) is 0 Å². The number of ketones is 2. The van der Waals surface area contributed by atoms with Gasteiger partial charge in [-0.3, -0.25) is 9.59 Å². The quantitative estimate of drug-likeness (QED) is 0.551. The van der Waals surface area contributed by atoms with E-state index in [2.05, 4.69) is 38.1 Å². The van der Waals surface area contributed by atoms with Crippen molar-refractivity contribution < 1.29 is 9.59 Å². The van der Waals surface area contributed by atoms with Crippen LogP contribution in [0.3, 0.4) is 0 Å². The number of benzene rings is 1. The van der Waals surface area contributed by atoms with Crippen molar-refractivity contribution in [2.24, 2.45) is 0 Å². The molecule has 0 saturated heterocycles. The van der Waals surface area contributed by atoms with Crippen LogP contribution in [0, 0.1) is 0 Å². The molecule has 0 aromatic heterocycles. The van der Waals surface area contributed by atoms with Gasteiger partial charge in [0.05, 0.1) is 0 Å². The first-order valence-corrected chi connectivity index (χ1v) is 8.57. The monoisotopic (exact) mass is 330 g/mol. The summed E-state index contributed by atoms with van der Waals surface area (Å²) in [4.78, 5) is 23.6. The van der Waals surface area contributed by atoms with Gasteiger partial charge in [-0.15, -0.1) is 0 Å². The molecule has 0 atom stereocenters. The average Bonchev–Trinajstić information content (AvgIpc) is 2.79. The molecule has 2 aliphatic carbocycles. The Labute approximate surface area is 148 Å². The molecule has 0 unspecified atom stereocenters. The predicted molar refractivity (Wildman–Crippen MR) is 103 cm³/mol. The molecule has 2 aliphatic rings. The molecule has 0 amide bonds. The van der Waals surface area contributed by atoms with Crippen molar-refractivity contribution in [1.29, 1.82) is 0 Å². The lowest BCUT2D eigenvalue weighted by atomic mass is 10.0. The largest absolute Gasteiger partial charge is 0.295 e. The summed E-state index contributed by atoms with van der Waals surface area (Å²) < 4.78 is 0. The number of carbonyl (C=O) groups excluding carboxylic acids is 2. The lowest BCUT2D eigenvalue weighted by molar-refractivity contribution is 0.101. The standard InChI is InChI=1S/C23H22O2/c1-14(2)17-9-11-20-21(12-10-17)23(13-22(20)16(4)25)19-7-5-18(6-8-19)15(3)24/h5-14H,1-4H3. The third kappa shape index (κ3) is 3.25. The van der Waals surface area contributed by atoms with Gasteiger partial charge >= 0.3 is 0 Å². The van der Waals surface area contributed by atoms with E-state index in [1.165, 1.54) is 5.56 Å². The van der Waals surface area contributed by atoms with Gasteiger partial charge in [0.2, 0.25) is 0 Å². The Bertz CT molecular complexity index is 917. The molecular formula is C23H22O2. The molecule has 25 heavy (non-hydrogen) atoms. The van der Waals surface area contributed by atoms with E-state index in [9.17, 15) is 9.59 Å². The smallest absolute Gasteiger partial charge is 0.160 e. The molecule has 0 spiro atoms. The first-order valence-electron chi connectivity index (χ1n) is 8.57. The van der Waals surface area contributed by atoms with Gasteiger partial charge in [0.15, 0.2) is 11.6 Å². The lowest BCUT2D eigenvalue weighted by Gasteiger charge is -2.03. The zero-order valence-electron chi connectivity index (χ0n) is 15.1. The number of fused-ring (bicyclic) bond motifs is 1. The second-order valence-corrected chi connectivity index (χ2v) is 6.81. The van der Waals surface area contributed by atoms with Crippen LogP contribution in [-0.4, -0.2) is 11.6 Å². The van der Waals surface area contributed by atoms with Gasteiger partial charge in [-0.2, -0.15) is 0 Å². The summed E-state index contributed by atoms with van der Waals surface area (Å²) in [5.41, 5.74) is 6.76. The lowest BCUT2D eigenvalue weighted by Crippen LogP contribution is -1.90. The Balaban J connectivity index is 2.21. The Morgan fingerprint density at radius 1 is 0.720 bits per heavy atom. The van der Waals surface area contributed by atoms with Gasteiger partial charge in [0, 0.05) is 11.1 Å². The highest BCUT2D eigenvalue weighted by atomic mass is 16.1. The van der Waals surface area contributed by atoms with Crippen LogP contribution >= 0.6 is 0 Å². The maximum atomic E-state index is 12.1. The third-order valence-electron chi connectivity index (χ3n) is 4.69. The molecule has 0 fully saturated rings. The average molecular weight is 330 g/mol. The molecule has 0 bridgehead atoms. The van der Waals surface area contributed by atoms with Gasteiger partial charge in [0.1, 0.15) is 0 Å². The summed E-state index contributed by atoms with van der Waals surface area (Å²) in [5.74, 6) is 0.542. The van der Waals surface area contributed by atoms with Crippen molar-refractivity contribution in [3.05, 3.63) is 71.3 Å². The molecule has 126 valence electrons. The number of carbonyl (C=O) groups is 2. The summed E-state index contributed by atoms with van der Waals surface area (Å²) in [6.45, 7) is 7.49.